The molecule has 10 aromatic heterocycles. The van der Waals surface area contributed by atoms with Crippen LogP contribution in [-0.2, 0) is 29.2 Å². The van der Waals surface area contributed by atoms with Crippen LogP contribution >= 0.6 is 0 Å². The molecule has 2 saturated heterocycles. The number of benzene rings is 4. The standard InChI is InChI=1S/C16H17N3O.C15H15N3O.C14H15N3O.C13H14N2.C12H15N5.C12H19N3O.C11H17N3.C10H16N4O.C9H14N2/c1-10(2)11-7-17-15(18-8-11)12-5-4-6-13-14(12)9-19(3)16(13)20;1-9(2)10-6-16-14(17-7-10)11-4-3-5-12-13(11)8-18-15(12)19;1-9(2)12-7-16-14(17-8-12)11-5-3-10(4-6-11)13(15)18;1-10(2)12-8-14-13(15-9-12)11-6-4-3-5-7-11;1-8(2)10-5-13-12(14-6-10)17-7-11(15-16-17)9-3-4-9;1-10(2)11-7-13-12(14-8-11)9-15-3-5-16-6-4-15;1-8(2)10-7-12-9(3)13-11(10)14-5-4-6-14;1-6(2)8-4-12-7(3)14-10(8)13-5-9(11)15;1-6(2)9-5-10-8(4)11-7(9)3/h4-8,10H,9H2,1-3H3;3-7,9H,8H2,1-2H3,(H,18,19);3-9H,1-2H3,(H2,15,18);3-10H,1-2H3;5-9H,3-4H2,1-2H3;7-8,10H,3-6,9H2,1-2H3;7-8H,4-6H2,1-3H3;4,6H,5H2,1-3H3,(H2,11,15)(H,12,13,14);5-6H,1-4H3. The zero-order valence-corrected chi connectivity index (χ0v) is 88.3. The molecule has 33 nitrogen and oxygen atoms in total. The number of primary amides is 2. The van der Waals surface area contributed by atoms with E-state index >= 15 is 0 Å². The summed E-state index contributed by atoms with van der Waals surface area (Å²) in [5.41, 5.74) is 30.6. The zero-order chi connectivity index (χ0) is 105. The number of carbonyl (C=O) groups is 4. The predicted octanol–water partition coefficient (Wildman–Crippen LogP) is 19.6. The minimum Gasteiger partial charge on any atom is -0.379 e. The number of hydrogen-bond acceptors (Lipinski definition) is 28. The lowest BCUT2D eigenvalue weighted by Crippen LogP contribution is -2.38. The van der Waals surface area contributed by atoms with E-state index in [9.17, 15) is 19.2 Å². The Kier molecular flexibility index (Phi) is 40.8. The maximum atomic E-state index is 12.0. The molecular formula is C112H142N28O5. The number of aromatic nitrogens is 21. The van der Waals surface area contributed by atoms with E-state index in [4.69, 9.17) is 16.2 Å². The number of rotatable bonds is 22. The molecule has 4 amide bonds. The number of morpholine rings is 1. The molecular weight excluding hydrogens is 1820 g/mol. The number of anilines is 2. The van der Waals surface area contributed by atoms with Crippen LogP contribution < -0.4 is 27.0 Å². The Hall–Kier alpha value is -14.9. The normalized spacial score (nSPS) is 13.3. The average Bonchev–Trinajstić information content (AvgIpc) is 1.64. The Morgan fingerprint density at radius 1 is 0.441 bits per heavy atom. The van der Waals surface area contributed by atoms with Crippen LogP contribution in [0.15, 0.2) is 190 Å². The van der Waals surface area contributed by atoms with Crippen LogP contribution in [0.4, 0.5) is 11.6 Å². The molecule has 145 heavy (non-hydrogen) atoms. The lowest BCUT2D eigenvalue weighted by molar-refractivity contribution is -0.116. The molecule has 0 atom stereocenters. The summed E-state index contributed by atoms with van der Waals surface area (Å²) in [4.78, 5) is 130. The van der Waals surface area contributed by atoms with Crippen molar-refractivity contribution in [2.24, 2.45) is 11.5 Å². The van der Waals surface area contributed by atoms with E-state index in [2.05, 4.69) is 231 Å². The molecule has 33 heteroatoms. The molecule has 19 rings (SSSR count). The van der Waals surface area contributed by atoms with Crippen molar-refractivity contribution in [3.05, 3.63) is 303 Å². The number of nitrogens with zero attached hydrogens (tertiary/aromatic N) is 24. The summed E-state index contributed by atoms with van der Waals surface area (Å²) in [7, 11) is 1.81. The van der Waals surface area contributed by atoms with Crippen molar-refractivity contribution in [1.82, 2.24) is 120 Å². The molecule has 6 N–H and O–H groups in total. The second-order valence-corrected chi connectivity index (χ2v) is 39.1. The van der Waals surface area contributed by atoms with E-state index in [-0.39, 0.29) is 18.4 Å². The Labute approximate surface area is 853 Å². The summed E-state index contributed by atoms with van der Waals surface area (Å²) in [6.07, 6.45) is 33.8. The van der Waals surface area contributed by atoms with Gasteiger partial charge in [0.2, 0.25) is 11.8 Å². The molecule has 4 aliphatic heterocycles. The van der Waals surface area contributed by atoms with Crippen LogP contribution in [-0.4, -0.2) is 191 Å². The van der Waals surface area contributed by atoms with Crippen molar-refractivity contribution in [2.75, 3.05) is 63.2 Å². The van der Waals surface area contributed by atoms with Gasteiger partial charge in [0, 0.05) is 201 Å². The Morgan fingerprint density at radius 2 is 0.869 bits per heavy atom. The Balaban J connectivity index is 0.000000156. The first-order valence-corrected chi connectivity index (χ1v) is 50.0. The van der Waals surface area contributed by atoms with E-state index in [0.717, 1.165) is 159 Å². The van der Waals surface area contributed by atoms with Crippen molar-refractivity contribution in [2.45, 2.75) is 250 Å². The second-order valence-electron chi connectivity index (χ2n) is 39.1. The number of carbonyl (C=O) groups excluding carboxylic acids is 4. The fourth-order valence-electron chi connectivity index (χ4n) is 15.1. The first-order valence-electron chi connectivity index (χ1n) is 50.0. The molecule has 0 radical (unpaired) electrons. The Bertz CT molecular complexity index is 6490. The topological polar surface area (TPSA) is 426 Å². The smallest absolute Gasteiger partial charge is 0.254 e. The highest BCUT2D eigenvalue weighted by Crippen LogP contribution is 2.39. The van der Waals surface area contributed by atoms with Crippen LogP contribution in [0.3, 0.4) is 0 Å². The maximum absolute atomic E-state index is 12.0. The third kappa shape index (κ3) is 32.3. The first kappa shape index (κ1) is 111. The van der Waals surface area contributed by atoms with Crippen molar-refractivity contribution in [3.8, 4) is 51.5 Å². The number of fused-ring (bicyclic) bond motifs is 2. The van der Waals surface area contributed by atoms with Crippen LogP contribution in [0, 0.1) is 27.7 Å². The SMILES string of the molecule is CC(C)c1cnc(-c2ccc(C(N)=O)cc2)nc1.CC(C)c1cnc(-c2cccc3c2CN(C)C3=O)nc1.CC(C)c1cnc(-c2cccc3c2CNC3=O)nc1.CC(C)c1cnc(-c2ccccc2)nc1.CC(C)c1cnc(-n2cc(C3CC3)nn2)nc1.CC(C)c1cnc(CN2CCOCC2)nc1.Cc1ncc(C(C)C)c(C)n1.Cc1ncc(C(C)C)c(N2CCC2)n1.Cc1ncc(C(C)C)c(NCC(N)=O)n1. The van der Waals surface area contributed by atoms with Gasteiger partial charge < -0.3 is 36.6 Å². The van der Waals surface area contributed by atoms with E-state index in [1.807, 2.05) is 201 Å². The summed E-state index contributed by atoms with van der Waals surface area (Å²) in [6.45, 7) is 54.0. The molecule has 0 spiro atoms. The molecule has 5 aliphatic rings. The second kappa shape index (κ2) is 53.5. The highest BCUT2D eigenvalue weighted by atomic mass is 16.5. The van der Waals surface area contributed by atoms with Gasteiger partial charge in [0.25, 0.3) is 17.8 Å². The number of aryl methyl sites for hydroxylation is 4. The first-order chi connectivity index (χ1) is 69.4. The lowest BCUT2D eigenvalue weighted by atomic mass is 10.0. The summed E-state index contributed by atoms with van der Waals surface area (Å²) < 4.78 is 6.96. The lowest BCUT2D eigenvalue weighted by Gasteiger charge is -2.34. The maximum Gasteiger partial charge on any atom is 0.254 e. The average molecular weight is 1960 g/mol. The van der Waals surface area contributed by atoms with Crippen molar-refractivity contribution >= 4 is 35.3 Å². The molecule has 14 heterocycles. The van der Waals surface area contributed by atoms with E-state index in [1.165, 1.54) is 41.5 Å². The van der Waals surface area contributed by atoms with Crippen LogP contribution in [0.5, 0.6) is 0 Å². The van der Waals surface area contributed by atoms with Gasteiger partial charge in [-0.3, -0.25) is 24.1 Å². The largest absolute Gasteiger partial charge is 0.379 e. The monoisotopic (exact) mass is 1960 g/mol. The van der Waals surface area contributed by atoms with Crippen LogP contribution in [0.2, 0.25) is 0 Å². The van der Waals surface area contributed by atoms with Gasteiger partial charge in [0.1, 0.15) is 34.9 Å². The predicted molar refractivity (Wildman–Crippen MR) is 569 cm³/mol. The van der Waals surface area contributed by atoms with Crippen molar-refractivity contribution in [3.63, 3.8) is 0 Å². The molecule has 0 bridgehead atoms. The molecule has 0 unspecified atom stereocenters. The van der Waals surface area contributed by atoms with Gasteiger partial charge in [-0.05, 0) is 175 Å². The van der Waals surface area contributed by atoms with E-state index < -0.39 is 11.8 Å². The number of nitrogens with one attached hydrogen (secondary N) is 2. The molecule has 14 aromatic rings. The van der Waals surface area contributed by atoms with Crippen molar-refractivity contribution in [1.29, 1.82) is 0 Å². The fraction of sp³-hybridized carbons (Fsp3) is 0.411. The highest BCUT2D eigenvalue weighted by molar-refractivity contribution is 6.01. The van der Waals surface area contributed by atoms with Gasteiger partial charge in [-0.15, -0.1) is 5.10 Å². The third-order valence-electron chi connectivity index (χ3n) is 24.6. The van der Waals surface area contributed by atoms with Gasteiger partial charge in [-0.2, -0.15) is 4.68 Å². The molecule has 1 aliphatic carbocycles. The number of ether oxygens (including phenoxy) is 1. The highest BCUT2D eigenvalue weighted by Gasteiger charge is 2.30. The van der Waals surface area contributed by atoms with E-state index in [0.29, 0.717) is 113 Å². The number of nitrogens with two attached hydrogens (primary N) is 2. The number of hydrogen-bond donors (Lipinski definition) is 4. The van der Waals surface area contributed by atoms with Crippen LogP contribution in [0.1, 0.15) is 330 Å². The third-order valence-corrected chi connectivity index (χ3v) is 24.6. The number of amides is 4. The van der Waals surface area contributed by atoms with Gasteiger partial charge in [0.05, 0.1) is 38.2 Å². The summed E-state index contributed by atoms with van der Waals surface area (Å²) in [6, 6.07) is 28.4. The quantitative estimate of drug-likeness (QED) is 0.0489. The minimum absolute atomic E-state index is 0.0179. The van der Waals surface area contributed by atoms with Crippen molar-refractivity contribution < 1.29 is 23.9 Å². The minimum atomic E-state index is -0.433. The summed E-state index contributed by atoms with van der Waals surface area (Å²) >= 11 is 0. The van der Waals surface area contributed by atoms with Gasteiger partial charge in [-0.1, -0.05) is 197 Å². The molecule has 760 valence electrons. The molecule has 3 fully saturated rings. The summed E-state index contributed by atoms with van der Waals surface area (Å²) in [5.74, 6) is 12.4. The molecule has 1 saturated carbocycles. The Morgan fingerprint density at radius 3 is 1.32 bits per heavy atom. The fourth-order valence-corrected chi connectivity index (χ4v) is 15.1. The zero-order valence-electron chi connectivity index (χ0n) is 88.3. The van der Waals surface area contributed by atoms with Gasteiger partial charge in [-0.25, -0.2) is 89.7 Å². The van der Waals surface area contributed by atoms with Gasteiger partial charge >= 0.3 is 0 Å². The molecule has 4 aromatic carbocycles. The summed E-state index contributed by atoms with van der Waals surface area (Å²) in [5, 5.41) is 13.9. The van der Waals surface area contributed by atoms with Gasteiger partial charge in [0.15, 0.2) is 23.3 Å². The van der Waals surface area contributed by atoms with E-state index in [1.54, 1.807) is 47.0 Å². The van der Waals surface area contributed by atoms with Crippen LogP contribution in [0.25, 0.3) is 51.5 Å².